The minimum absolute atomic E-state index is 0.00284. The lowest BCUT2D eigenvalue weighted by Gasteiger charge is -2.16. The van der Waals surface area contributed by atoms with Crippen LogP contribution in [0.5, 0.6) is 0 Å². The quantitative estimate of drug-likeness (QED) is 0.0353. The number of aryl methyl sites for hydroxylation is 11. The molecule has 4 nitrogen and oxygen atoms in total. The first kappa shape index (κ1) is 57.0. The predicted molar refractivity (Wildman–Crippen MR) is 298 cm³/mol. The van der Waals surface area contributed by atoms with Gasteiger partial charge in [0.2, 0.25) is 0 Å². The lowest BCUT2D eigenvalue weighted by Crippen LogP contribution is -2.12. The Balaban J connectivity index is 0.000000264. The highest BCUT2D eigenvalue weighted by Crippen LogP contribution is 2.32. The van der Waals surface area contributed by atoms with E-state index in [0.29, 0.717) is 5.56 Å². The zero-order chi connectivity index (χ0) is 50.8. The van der Waals surface area contributed by atoms with Crippen molar-refractivity contribution in [2.75, 3.05) is 26.4 Å². The molecule has 5 heteroatoms. The number of hydrogen-bond acceptors (Lipinski definition) is 4. The first-order chi connectivity index (χ1) is 34.7. The molecular formula is C66H87FO4. The summed E-state index contributed by atoms with van der Waals surface area (Å²) in [7, 11) is 0. The molecule has 0 spiro atoms. The molecule has 4 N–H and O–H groups in total. The van der Waals surface area contributed by atoms with Gasteiger partial charge in [-0.05, 0) is 180 Å². The number of aliphatic hydroxyl groups excluding tert-OH is 4. The van der Waals surface area contributed by atoms with Crippen LogP contribution >= 0.6 is 0 Å². The van der Waals surface area contributed by atoms with Crippen LogP contribution in [0.4, 0.5) is 4.39 Å². The summed E-state index contributed by atoms with van der Waals surface area (Å²) in [6.45, 7) is 11.1. The van der Waals surface area contributed by atoms with E-state index < -0.39 is 0 Å². The Hall–Kier alpha value is -4.91. The molecule has 6 aromatic rings. The first-order valence-electron chi connectivity index (χ1n) is 27.4. The molecule has 0 amide bonds. The van der Waals surface area contributed by atoms with E-state index in [2.05, 4.69) is 132 Å². The van der Waals surface area contributed by atoms with Crippen LogP contribution in [0.3, 0.4) is 0 Å². The topological polar surface area (TPSA) is 80.9 Å². The van der Waals surface area contributed by atoms with E-state index in [1.54, 1.807) is 6.07 Å². The number of aliphatic hydroxyl groups is 4. The molecule has 0 heterocycles. The van der Waals surface area contributed by atoms with Gasteiger partial charge in [0.05, 0.1) is 0 Å². The highest BCUT2D eigenvalue weighted by atomic mass is 19.1. The van der Waals surface area contributed by atoms with Crippen LogP contribution in [0.15, 0.2) is 121 Å². The summed E-state index contributed by atoms with van der Waals surface area (Å²) in [5, 5.41) is 37.3. The van der Waals surface area contributed by atoms with Gasteiger partial charge >= 0.3 is 0 Å². The molecule has 0 radical (unpaired) electrons. The van der Waals surface area contributed by atoms with Crippen molar-refractivity contribution in [3.05, 3.63) is 188 Å². The van der Waals surface area contributed by atoms with Gasteiger partial charge in [0.25, 0.3) is 0 Å². The fourth-order valence-electron chi connectivity index (χ4n) is 9.71. The summed E-state index contributed by atoms with van der Waals surface area (Å²) >= 11 is 0. The van der Waals surface area contributed by atoms with Gasteiger partial charge < -0.3 is 20.4 Å². The maximum absolute atomic E-state index is 15.2. The van der Waals surface area contributed by atoms with Crippen LogP contribution in [0, 0.1) is 17.7 Å². The minimum atomic E-state index is -0.170. The summed E-state index contributed by atoms with van der Waals surface area (Å²) in [6.07, 6.45) is 19.9. The van der Waals surface area contributed by atoms with Gasteiger partial charge in [-0.3, -0.25) is 0 Å². The van der Waals surface area contributed by atoms with Gasteiger partial charge in [-0.15, -0.1) is 0 Å². The molecule has 0 unspecified atom stereocenters. The summed E-state index contributed by atoms with van der Waals surface area (Å²) in [5.41, 5.74) is 18.7. The van der Waals surface area contributed by atoms with Crippen LogP contribution in [0.2, 0.25) is 0 Å². The lowest BCUT2D eigenvalue weighted by molar-refractivity contribution is 0.143. The predicted octanol–water partition coefficient (Wildman–Crippen LogP) is 14.6. The van der Waals surface area contributed by atoms with E-state index in [4.69, 9.17) is 0 Å². The molecule has 0 aliphatic carbocycles. The minimum Gasteiger partial charge on any atom is -0.396 e. The van der Waals surface area contributed by atoms with Crippen molar-refractivity contribution < 1.29 is 24.8 Å². The molecule has 0 saturated carbocycles. The normalized spacial score (nSPS) is 11.4. The second-order valence-electron chi connectivity index (χ2n) is 19.9. The van der Waals surface area contributed by atoms with E-state index in [0.717, 1.165) is 99.3 Å². The van der Waals surface area contributed by atoms with Gasteiger partial charge in [-0.2, -0.15) is 0 Å². The lowest BCUT2D eigenvalue weighted by atomic mass is 9.89. The van der Waals surface area contributed by atoms with Crippen LogP contribution in [0.25, 0.3) is 22.3 Å². The van der Waals surface area contributed by atoms with Crippen molar-refractivity contribution >= 4 is 0 Å². The summed E-state index contributed by atoms with van der Waals surface area (Å²) < 4.78 is 15.2. The van der Waals surface area contributed by atoms with Crippen LogP contribution in [-0.2, 0) is 70.6 Å². The molecule has 0 aromatic heterocycles. The third kappa shape index (κ3) is 18.3. The van der Waals surface area contributed by atoms with Gasteiger partial charge in [-0.25, -0.2) is 4.39 Å². The van der Waals surface area contributed by atoms with E-state index in [-0.39, 0.29) is 44.1 Å². The van der Waals surface area contributed by atoms with Gasteiger partial charge in [0, 0.05) is 43.8 Å². The summed E-state index contributed by atoms with van der Waals surface area (Å²) in [5.74, 6) is -0.289. The Morgan fingerprint density at radius 2 is 0.606 bits per heavy atom. The van der Waals surface area contributed by atoms with E-state index in [1.807, 2.05) is 18.2 Å². The third-order valence-corrected chi connectivity index (χ3v) is 14.6. The van der Waals surface area contributed by atoms with Gasteiger partial charge in [-0.1, -0.05) is 176 Å². The standard InChI is InChI=1S/C34H46O2.C32H41FO2/c1-4-7-8-9-26-10-12-27(13-11-26)14-15-28-18-20-33(31(5-2)22-28)34-21-19-29(23-32(34)6-3)16-17-30(24-35)25-36;1-3-5-6-7-24-8-10-25(11-9-24)12-13-27-17-19-31(32(33)21-27)30-18-16-26(20-29(30)4-2)14-15-28(22-34)23-35/h10-13,18-23,30,35-36H,4-9,14-17,24-25H2,1-3H3;8-11,16-21,28,34-35H,3-7,12-15,22-23H2,1-2H3. The third-order valence-electron chi connectivity index (χ3n) is 14.6. The summed E-state index contributed by atoms with van der Waals surface area (Å²) in [4.78, 5) is 0. The van der Waals surface area contributed by atoms with Crippen LogP contribution in [0.1, 0.15) is 147 Å². The Morgan fingerprint density at radius 3 is 0.930 bits per heavy atom. The zero-order valence-corrected chi connectivity index (χ0v) is 44.1. The molecule has 6 aromatic carbocycles. The number of unbranched alkanes of at least 4 members (excludes halogenated alkanes) is 4. The average Bonchev–Trinajstić information content (AvgIpc) is 3.41. The molecule has 0 aliphatic heterocycles. The molecule has 0 atom stereocenters. The zero-order valence-electron chi connectivity index (χ0n) is 44.1. The first-order valence-corrected chi connectivity index (χ1v) is 27.4. The molecule has 382 valence electrons. The number of benzene rings is 6. The second-order valence-corrected chi connectivity index (χ2v) is 19.9. The molecular weight excluding hydrogens is 876 g/mol. The fraction of sp³-hybridized carbons (Fsp3) is 0.455. The maximum atomic E-state index is 15.2. The fourth-order valence-corrected chi connectivity index (χ4v) is 9.71. The number of rotatable bonds is 29. The Bertz CT molecular complexity index is 2430. The molecule has 71 heavy (non-hydrogen) atoms. The van der Waals surface area contributed by atoms with Crippen molar-refractivity contribution in [2.24, 2.45) is 11.8 Å². The van der Waals surface area contributed by atoms with E-state index >= 15 is 4.39 Å². The molecule has 6 rings (SSSR count). The van der Waals surface area contributed by atoms with Crippen molar-refractivity contribution in [2.45, 2.75) is 157 Å². The highest BCUT2D eigenvalue weighted by Gasteiger charge is 2.15. The Morgan fingerprint density at radius 1 is 0.324 bits per heavy atom. The van der Waals surface area contributed by atoms with Crippen molar-refractivity contribution in [1.29, 1.82) is 0 Å². The maximum Gasteiger partial charge on any atom is 0.131 e. The van der Waals surface area contributed by atoms with E-state index in [9.17, 15) is 20.4 Å². The monoisotopic (exact) mass is 963 g/mol. The largest absolute Gasteiger partial charge is 0.396 e. The number of halogens is 1. The average molecular weight is 963 g/mol. The smallest absolute Gasteiger partial charge is 0.131 e. The van der Waals surface area contributed by atoms with Gasteiger partial charge in [0.1, 0.15) is 5.82 Å². The Labute approximate surface area is 428 Å². The van der Waals surface area contributed by atoms with Crippen LogP contribution < -0.4 is 0 Å². The van der Waals surface area contributed by atoms with Crippen molar-refractivity contribution in [3.63, 3.8) is 0 Å². The SMILES string of the molecule is CCCCCc1ccc(CCc2ccc(-c3ccc(CCC(CO)CO)cc3CC)c(CC)c2)cc1.CCCCCc1ccc(CCc2ccc(-c3ccc(CCC(CO)CO)cc3CC)c(F)c2)cc1. The van der Waals surface area contributed by atoms with Crippen molar-refractivity contribution in [3.8, 4) is 22.3 Å². The Kier molecular flexibility index (Phi) is 25.3. The van der Waals surface area contributed by atoms with Crippen molar-refractivity contribution in [1.82, 2.24) is 0 Å². The second kappa shape index (κ2) is 31.5. The highest BCUT2D eigenvalue weighted by molar-refractivity contribution is 5.72. The number of hydrogen-bond donors (Lipinski definition) is 4. The van der Waals surface area contributed by atoms with Gasteiger partial charge in [0.15, 0.2) is 0 Å². The molecule has 0 fully saturated rings. The molecule has 0 aliphatic rings. The molecule has 0 saturated heterocycles. The summed E-state index contributed by atoms with van der Waals surface area (Å²) in [6, 6.07) is 43.9. The van der Waals surface area contributed by atoms with E-state index in [1.165, 1.54) is 101 Å². The van der Waals surface area contributed by atoms with Crippen LogP contribution in [-0.4, -0.2) is 46.9 Å². The molecule has 0 bridgehead atoms.